The molecule has 2 N–H and O–H groups in total. The van der Waals surface area contributed by atoms with Crippen LogP contribution < -0.4 is 5.32 Å². The summed E-state index contributed by atoms with van der Waals surface area (Å²) in [6, 6.07) is 9.83. The maximum absolute atomic E-state index is 11.0. The number of anilines is 1. The first kappa shape index (κ1) is 11.6. The standard InChI is InChI=1S/C12H12N2O2S/c1-8-10(12(15)16)11(17-14-8)13-7-9-5-3-2-4-6-9/h2-6,13H,7H2,1H3,(H,15,16). The molecule has 0 spiro atoms. The zero-order valence-corrected chi connectivity index (χ0v) is 10.1. The number of carboxylic acid groups (broad SMARTS) is 1. The first-order chi connectivity index (χ1) is 8.18. The van der Waals surface area contributed by atoms with Crippen molar-refractivity contribution in [2.24, 2.45) is 0 Å². The van der Waals surface area contributed by atoms with Crippen LogP contribution in [0.15, 0.2) is 30.3 Å². The number of benzene rings is 1. The van der Waals surface area contributed by atoms with Crippen LogP contribution in [0.5, 0.6) is 0 Å². The highest BCUT2D eigenvalue weighted by Crippen LogP contribution is 2.24. The monoisotopic (exact) mass is 248 g/mol. The fourth-order valence-electron chi connectivity index (χ4n) is 1.52. The molecule has 0 aliphatic carbocycles. The molecule has 17 heavy (non-hydrogen) atoms. The fourth-order valence-corrected chi connectivity index (χ4v) is 2.30. The number of aryl methyl sites for hydroxylation is 1. The molecule has 5 heteroatoms. The molecule has 0 bridgehead atoms. The highest BCUT2D eigenvalue weighted by molar-refractivity contribution is 7.10. The molecule has 1 heterocycles. The van der Waals surface area contributed by atoms with E-state index in [-0.39, 0.29) is 5.56 Å². The van der Waals surface area contributed by atoms with E-state index in [1.54, 1.807) is 6.92 Å². The van der Waals surface area contributed by atoms with Crippen molar-refractivity contribution in [1.82, 2.24) is 4.37 Å². The fraction of sp³-hybridized carbons (Fsp3) is 0.167. The first-order valence-corrected chi connectivity index (χ1v) is 5.93. The number of carboxylic acids is 1. The number of hydrogen-bond donors (Lipinski definition) is 2. The Morgan fingerprint density at radius 3 is 2.76 bits per heavy atom. The predicted molar refractivity (Wildman–Crippen MR) is 67.6 cm³/mol. The Hall–Kier alpha value is -1.88. The third-order valence-electron chi connectivity index (χ3n) is 2.37. The molecular weight excluding hydrogens is 236 g/mol. The Morgan fingerprint density at radius 1 is 1.41 bits per heavy atom. The summed E-state index contributed by atoms with van der Waals surface area (Å²) in [5, 5.41) is 12.8. The van der Waals surface area contributed by atoms with E-state index in [1.165, 1.54) is 11.5 Å². The van der Waals surface area contributed by atoms with E-state index in [9.17, 15) is 4.79 Å². The SMILES string of the molecule is Cc1nsc(NCc2ccccc2)c1C(=O)O. The Labute approximate surface area is 103 Å². The molecule has 0 atom stereocenters. The summed E-state index contributed by atoms with van der Waals surface area (Å²) >= 11 is 1.18. The van der Waals surface area contributed by atoms with Crippen molar-refractivity contribution >= 4 is 22.5 Å². The maximum atomic E-state index is 11.0. The molecule has 0 radical (unpaired) electrons. The average Bonchev–Trinajstić information content (AvgIpc) is 2.69. The van der Waals surface area contributed by atoms with E-state index in [0.717, 1.165) is 5.56 Å². The highest BCUT2D eigenvalue weighted by Gasteiger charge is 2.16. The lowest BCUT2D eigenvalue weighted by Crippen LogP contribution is -2.04. The van der Waals surface area contributed by atoms with Crippen LogP contribution in [0.3, 0.4) is 0 Å². The largest absolute Gasteiger partial charge is 0.478 e. The van der Waals surface area contributed by atoms with Gasteiger partial charge in [-0.1, -0.05) is 30.3 Å². The molecule has 0 saturated carbocycles. The molecule has 0 unspecified atom stereocenters. The molecule has 1 aromatic heterocycles. The molecule has 2 aromatic rings. The molecule has 0 aliphatic heterocycles. The second-order valence-corrected chi connectivity index (χ2v) is 4.39. The van der Waals surface area contributed by atoms with Crippen molar-refractivity contribution in [1.29, 1.82) is 0 Å². The lowest BCUT2D eigenvalue weighted by atomic mass is 10.2. The van der Waals surface area contributed by atoms with Crippen molar-refractivity contribution in [2.75, 3.05) is 5.32 Å². The van der Waals surface area contributed by atoms with Crippen LogP contribution in [0.1, 0.15) is 21.6 Å². The molecule has 88 valence electrons. The maximum Gasteiger partial charge on any atom is 0.340 e. The Morgan fingerprint density at radius 2 is 2.12 bits per heavy atom. The van der Waals surface area contributed by atoms with Crippen LogP contribution in [0.25, 0.3) is 0 Å². The normalized spacial score (nSPS) is 10.2. The summed E-state index contributed by atoms with van der Waals surface area (Å²) in [6.07, 6.45) is 0. The zero-order chi connectivity index (χ0) is 12.3. The van der Waals surface area contributed by atoms with Crippen molar-refractivity contribution in [3.05, 3.63) is 47.2 Å². The van der Waals surface area contributed by atoms with Gasteiger partial charge in [-0.2, -0.15) is 4.37 Å². The molecule has 0 amide bonds. The quantitative estimate of drug-likeness (QED) is 0.873. The zero-order valence-electron chi connectivity index (χ0n) is 9.30. The molecule has 4 nitrogen and oxygen atoms in total. The van der Waals surface area contributed by atoms with Crippen LogP contribution in [0.4, 0.5) is 5.00 Å². The summed E-state index contributed by atoms with van der Waals surface area (Å²) in [5.41, 5.74) is 1.93. The summed E-state index contributed by atoms with van der Waals surface area (Å²) in [7, 11) is 0. The van der Waals surface area contributed by atoms with Gasteiger partial charge < -0.3 is 10.4 Å². The van der Waals surface area contributed by atoms with Gasteiger partial charge in [0.25, 0.3) is 0 Å². The van der Waals surface area contributed by atoms with Gasteiger partial charge in [-0.25, -0.2) is 4.79 Å². The van der Waals surface area contributed by atoms with Gasteiger partial charge in [0.1, 0.15) is 10.6 Å². The van der Waals surface area contributed by atoms with Gasteiger partial charge in [-0.3, -0.25) is 0 Å². The molecule has 0 aliphatic rings. The number of nitrogens with zero attached hydrogens (tertiary/aromatic N) is 1. The Balaban J connectivity index is 2.12. The first-order valence-electron chi connectivity index (χ1n) is 5.16. The molecule has 0 saturated heterocycles. The van der Waals surface area contributed by atoms with Gasteiger partial charge in [0.2, 0.25) is 0 Å². The Kier molecular flexibility index (Phi) is 3.39. The second kappa shape index (κ2) is 4.97. The molecule has 0 fully saturated rings. The molecule has 2 rings (SSSR count). The number of rotatable bonds is 4. The van der Waals surface area contributed by atoms with Crippen molar-refractivity contribution < 1.29 is 9.90 Å². The lowest BCUT2D eigenvalue weighted by molar-refractivity contribution is 0.0697. The minimum atomic E-state index is -0.938. The smallest absolute Gasteiger partial charge is 0.340 e. The van der Waals surface area contributed by atoms with E-state index in [2.05, 4.69) is 9.69 Å². The second-order valence-electron chi connectivity index (χ2n) is 3.62. The van der Waals surface area contributed by atoms with Gasteiger partial charge in [0.05, 0.1) is 5.69 Å². The van der Waals surface area contributed by atoms with Crippen molar-refractivity contribution in [2.45, 2.75) is 13.5 Å². The third-order valence-corrected chi connectivity index (χ3v) is 3.27. The van der Waals surface area contributed by atoms with E-state index in [4.69, 9.17) is 5.11 Å². The minimum Gasteiger partial charge on any atom is -0.478 e. The van der Waals surface area contributed by atoms with Crippen LogP contribution in [0.2, 0.25) is 0 Å². The average molecular weight is 248 g/mol. The molecular formula is C12H12N2O2S. The highest BCUT2D eigenvalue weighted by atomic mass is 32.1. The van der Waals surface area contributed by atoms with Gasteiger partial charge in [0, 0.05) is 6.54 Å². The number of hydrogen-bond acceptors (Lipinski definition) is 4. The van der Waals surface area contributed by atoms with E-state index in [0.29, 0.717) is 17.2 Å². The number of carbonyl (C=O) groups is 1. The van der Waals surface area contributed by atoms with Crippen LogP contribution in [-0.2, 0) is 6.54 Å². The van der Waals surface area contributed by atoms with E-state index in [1.807, 2.05) is 30.3 Å². The lowest BCUT2D eigenvalue weighted by Gasteiger charge is -2.04. The predicted octanol–water partition coefficient (Wildman–Crippen LogP) is 2.76. The minimum absolute atomic E-state index is 0.269. The number of aromatic carboxylic acids is 1. The van der Waals surface area contributed by atoms with Crippen LogP contribution in [-0.4, -0.2) is 15.4 Å². The van der Waals surface area contributed by atoms with E-state index >= 15 is 0 Å². The number of aromatic nitrogens is 1. The van der Waals surface area contributed by atoms with Gasteiger partial charge >= 0.3 is 5.97 Å². The number of nitrogens with one attached hydrogen (secondary N) is 1. The van der Waals surface area contributed by atoms with Gasteiger partial charge in [-0.05, 0) is 24.0 Å². The molecule has 1 aromatic carbocycles. The van der Waals surface area contributed by atoms with Crippen molar-refractivity contribution in [3.8, 4) is 0 Å². The van der Waals surface area contributed by atoms with Crippen molar-refractivity contribution in [3.63, 3.8) is 0 Å². The summed E-state index contributed by atoms with van der Waals surface area (Å²) in [5.74, 6) is -0.938. The van der Waals surface area contributed by atoms with Crippen LogP contribution >= 0.6 is 11.5 Å². The van der Waals surface area contributed by atoms with Gasteiger partial charge in [-0.15, -0.1) is 0 Å². The van der Waals surface area contributed by atoms with Gasteiger partial charge in [0.15, 0.2) is 0 Å². The van der Waals surface area contributed by atoms with E-state index < -0.39 is 5.97 Å². The summed E-state index contributed by atoms with van der Waals surface area (Å²) < 4.78 is 4.05. The Bertz CT molecular complexity index is 523. The summed E-state index contributed by atoms with van der Waals surface area (Å²) in [4.78, 5) is 11.0. The topological polar surface area (TPSA) is 62.2 Å². The summed E-state index contributed by atoms with van der Waals surface area (Å²) in [6.45, 7) is 2.30. The van der Waals surface area contributed by atoms with Crippen LogP contribution in [0, 0.1) is 6.92 Å². The third kappa shape index (κ3) is 2.62.